The Morgan fingerprint density at radius 2 is 1.82 bits per heavy atom. The molecule has 7 nitrogen and oxygen atoms in total. The van der Waals surface area contributed by atoms with Gasteiger partial charge in [0.05, 0.1) is 13.1 Å². The van der Waals surface area contributed by atoms with Crippen molar-refractivity contribution < 1.29 is 23.1 Å². The summed E-state index contributed by atoms with van der Waals surface area (Å²) < 4.78 is 35.5. The van der Waals surface area contributed by atoms with Gasteiger partial charge in [0, 0.05) is 35.7 Å². The largest absolute Gasteiger partial charge is 0.487 e. The number of hydrogen-bond acceptors (Lipinski definition) is 5. The van der Waals surface area contributed by atoms with E-state index in [1.807, 2.05) is 0 Å². The fraction of sp³-hybridized carbons (Fsp3) is 0.240. The number of pyridine rings is 1. The molecule has 0 aliphatic carbocycles. The van der Waals surface area contributed by atoms with Crippen molar-refractivity contribution in [1.29, 1.82) is 0 Å². The zero-order valence-corrected chi connectivity index (χ0v) is 18.4. The number of fused-ring (bicyclic) bond motifs is 1. The summed E-state index contributed by atoms with van der Waals surface area (Å²) in [6, 6.07) is 11.0. The van der Waals surface area contributed by atoms with Crippen LogP contribution in [0.15, 0.2) is 42.5 Å². The van der Waals surface area contributed by atoms with E-state index < -0.39 is 11.8 Å². The summed E-state index contributed by atoms with van der Waals surface area (Å²) in [6.45, 7) is 3.04. The van der Waals surface area contributed by atoms with Gasteiger partial charge in [-0.2, -0.15) is 4.39 Å². The molecule has 9 heteroatoms. The molecule has 34 heavy (non-hydrogen) atoms. The lowest BCUT2D eigenvalue weighted by molar-refractivity contribution is -0.137. The Kier molecular flexibility index (Phi) is 5.39. The number of halogens is 2. The Bertz CT molecular complexity index is 1300. The highest BCUT2D eigenvalue weighted by atomic mass is 19.1. The molecule has 0 radical (unpaired) electrons. The number of nitrogens with one attached hydrogen (secondary N) is 1. The van der Waals surface area contributed by atoms with E-state index in [1.165, 1.54) is 19.1 Å². The number of aromatic nitrogens is 1. The number of hydrogen-bond donors (Lipinski definition) is 2. The van der Waals surface area contributed by atoms with Gasteiger partial charge in [-0.1, -0.05) is 12.1 Å². The third kappa shape index (κ3) is 3.93. The highest BCUT2D eigenvalue weighted by molar-refractivity contribution is 5.97. The molecule has 1 fully saturated rings. The van der Waals surface area contributed by atoms with Crippen molar-refractivity contribution in [2.24, 2.45) is 0 Å². The van der Waals surface area contributed by atoms with Crippen LogP contribution in [0.3, 0.4) is 0 Å². The molecular formula is C25H22F2N4O3. The molecule has 3 N–H and O–H groups in total. The van der Waals surface area contributed by atoms with Crippen LogP contribution in [0.4, 0.5) is 14.6 Å². The van der Waals surface area contributed by atoms with Gasteiger partial charge in [-0.15, -0.1) is 0 Å². The summed E-state index contributed by atoms with van der Waals surface area (Å²) >= 11 is 0. The smallest absolute Gasteiger partial charge is 0.251 e. The van der Waals surface area contributed by atoms with Crippen LogP contribution in [0, 0.1) is 11.8 Å². The van der Waals surface area contributed by atoms with E-state index in [0.29, 0.717) is 42.9 Å². The first-order valence-corrected chi connectivity index (χ1v) is 10.9. The maximum Gasteiger partial charge on any atom is 0.251 e. The highest BCUT2D eigenvalue weighted by Crippen LogP contribution is 2.35. The van der Waals surface area contributed by atoms with E-state index in [4.69, 9.17) is 10.5 Å². The van der Waals surface area contributed by atoms with E-state index >= 15 is 0 Å². The number of nitrogens with two attached hydrogens (primary N) is 1. The van der Waals surface area contributed by atoms with E-state index in [2.05, 4.69) is 10.3 Å². The number of nitrogen functional groups attached to an aromatic ring is 1. The molecule has 3 aromatic rings. The average Bonchev–Trinajstić information content (AvgIpc) is 2.77. The van der Waals surface area contributed by atoms with Crippen LogP contribution >= 0.6 is 0 Å². The first-order chi connectivity index (χ1) is 16.3. The van der Waals surface area contributed by atoms with Crippen molar-refractivity contribution in [3.63, 3.8) is 0 Å². The number of rotatable bonds is 4. The SMILES string of the molecule is CC(=O)N1CC(Oc2ccc(-c3cc(-c4cc5c(cc4F)C(=O)NCC5)c(N)nc3F)cc2)C1. The summed E-state index contributed by atoms with van der Waals surface area (Å²) in [5.41, 5.74) is 8.05. The van der Waals surface area contributed by atoms with Crippen LogP contribution in [0.1, 0.15) is 22.8 Å². The number of amides is 2. The predicted molar refractivity (Wildman–Crippen MR) is 122 cm³/mol. The molecule has 0 atom stereocenters. The fourth-order valence-electron chi connectivity index (χ4n) is 4.25. The third-order valence-electron chi connectivity index (χ3n) is 6.17. The second-order valence-electron chi connectivity index (χ2n) is 8.44. The van der Waals surface area contributed by atoms with Crippen LogP contribution in [0.25, 0.3) is 22.3 Å². The van der Waals surface area contributed by atoms with Crippen molar-refractivity contribution in [3.05, 3.63) is 65.4 Å². The lowest BCUT2D eigenvalue weighted by Gasteiger charge is -2.38. The zero-order valence-electron chi connectivity index (χ0n) is 18.4. The van der Waals surface area contributed by atoms with Gasteiger partial charge in [-0.05, 0) is 47.9 Å². The first kappa shape index (κ1) is 21.8. The summed E-state index contributed by atoms with van der Waals surface area (Å²) in [5, 5.41) is 2.68. The summed E-state index contributed by atoms with van der Waals surface area (Å²) in [7, 11) is 0. The summed E-state index contributed by atoms with van der Waals surface area (Å²) in [6.07, 6.45) is 0.480. The molecule has 5 rings (SSSR count). The van der Waals surface area contributed by atoms with Crippen LogP contribution in [-0.2, 0) is 11.2 Å². The van der Waals surface area contributed by atoms with Crippen LogP contribution in [0.2, 0.25) is 0 Å². The molecule has 1 saturated heterocycles. The molecule has 0 bridgehead atoms. The van der Waals surface area contributed by atoms with E-state index in [1.54, 1.807) is 35.2 Å². The van der Waals surface area contributed by atoms with Crippen molar-refractivity contribution in [1.82, 2.24) is 15.2 Å². The Morgan fingerprint density at radius 3 is 2.53 bits per heavy atom. The Morgan fingerprint density at radius 1 is 1.09 bits per heavy atom. The topological polar surface area (TPSA) is 97.5 Å². The van der Waals surface area contributed by atoms with Crippen molar-refractivity contribution in [3.8, 4) is 28.0 Å². The van der Waals surface area contributed by atoms with Crippen molar-refractivity contribution in [2.45, 2.75) is 19.4 Å². The first-order valence-electron chi connectivity index (χ1n) is 10.9. The van der Waals surface area contributed by atoms with Crippen LogP contribution in [0.5, 0.6) is 5.75 Å². The molecule has 2 aliphatic rings. The fourth-order valence-corrected chi connectivity index (χ4v) is 4.25. The molecule has 2 amide bonds. The second kappa shape index (κ2) is 8.40. The quantitative estimate of drug-likeness (QED) is 0.578. The number of benzene rings is 2. The van der Waals surface area contributed by atoms with E-state index in [-0.39, 0.29) is 46.0 Å². The second-order valence-corrected chi connectivity index (χ2v) is 8.44. The van der Waals surface area contributed by atoms with Crippen LogP contribution < -0.4 is 15.8 Å². The lowest BCUT2D eigenvalue weighted by atomic mass is 9.93. The van der Waals surface area contributed by atoms with Gasteiger partial charge in [0.15, 0.2) is 0 Å². The normalized spacial score (nSPS) is 15.4. The Labute approximate surface area is 194 Å². The predicted octanol–water partition coefficient (Wildman–Crippen LogP) is 3.17. The molecule has 0 spiro atoms. The number of anilines is 1. The number of likely N-dealkylation sites (tertiary alicyclic amines) is 1. The molecular weight excluding hydrogens is 442 g/mol. The third-order valence-corrected chi connectivity index (χ3v) is 6.17. The molecule has 2 aliphatic heterocycles. The minimum Gasteiger partial charge on any atom is -0.487 e. The van der Waals surface area contributed by atoms with Gasteiger partial charge < -0.3 is 20.7 Å². The number of carbonyl (C=O) groups excluding carboxylic acids is 2. The van der Waals surface area contributed by atoms with Gasteiger partial charge in [0.2, 0.25) is 11.9 Å². The van der Waals surface area contributed by atoms with Crippen molar-refractivity contribution in [2.75, 3.05) is 25.4 Å². The van der Waals surface area contributed by atoms with Crippen molar-refractivity contribution >= 4 is 17.6 Å². The molecule has 2 aromatic carbocycles. The highest BCUT2D eigenvalue weighted by Gasteiger charge is 2.30. The lowest BCUT2D eigenvalue weighted by Crippen LogP contribution is -2.55. The number of ether oxygens (including phenoxy) is 1. The Hall–Kier alpha value is -4.01. The van der Waals surface area contributed by atoms with E-state index in [0.717, 1.165) is 0 Å². The van der Waals surface area contributed by atoms with Gasteiger partial charge in [-0.3, -0.25) is 9.59 Å². The molecule has 3 heterocycles. The maximum absolute atomic E-state index is 14.9. The summed E-state index contributed by atoms with van der Waals surface area (Å²) in [5.74, 6) is -1.26. The number of carbonyl (C=O) groups is 2. The van der Waals surface area contributed by atoms with Gasteiger partial charge in [0.25, 0.3) is 5.91 Å². The van der Waals surface area contributed by atoms with Gasteiger partial charge in [-0.25, -0.2) is 9.37 Å². The molecule has 0 unspecified atom stereocenters. The zero-order chi connectivity index (χ0) is 24.0. The van der Waals surface area contributed by atoms with Gasteiger partial charge >= 0.3 is 0 Å². The maximum atomic E-state index is 14.9. The Balaban J connectivity index is 1.43. The minimum atomic E-state index is -0.774. The van der Waals surface area contributed by atoms with E-state index in [9.17, 15) is 18.4 Å². The standard InChI is InChI=1S/C25H22F2N4O3/c1-13(32)31-11-17(12-31)34-16-4-2-14(3-5-16)18-9-21(24(28)30-23(18)27)20-8-15-6-7-29-25(33)19(15)10-22(20)26/h2-5,8-10,17H,6-7,11-12H2,1H3,(H2,28,30)(H,29,33). The van der Waals surface area contributed by atoms with Gasteiger partial charge in [0.1, 0.15) is 23.5 Å². The molecule has 0 saturated carbocycles. The summed E-state index contributed by atoms with van der Waals surface area (Å²) in [4.78, 5) is 28.8. The minimum absolute atomic E-state index is 0.0101. The number of nitrogens with zero attached hydrogens (tertiary/aromatic N) is 2. The molecule has 1 aromatic heterocycles. The average molecular weight is 464 g/mol. The molecule has 174 valence electrons. The van der Waals surface area contributed by atoms with Crippen LogP contribution in [-0.4, -0.2) is 47.4 Å². The monoisotopic (exact) mass is 464 g/mol.